The van der Waals surface area contributed by atoms with Crippen LogP contribution in [0.25, 0.3) is 0 Å². The minimum Gasteiger partial charge on any atom is -0.334 e. The molecule has 0 bridgehead atoms. The number of amides is 1. The van der Waals surface area contributed by atoms with Crippen LogP contribution in [0.5, 0.6) is 0 Å². The van der Waals surface area contributed by atoms with Crippen LogP contribution in [0.4, 0.5) is 0 Å². The summed E-state index contributed by atoms with van der Waals surface area (Å²) in [5.41, 5.74) is 0.503. The Balaban J connectivity index is 2.19. The summed E-state index contributed by atoms with van der Waals surface area (Å²) in [7, 11) is 0. The van der Waals surface area contributed by atoms with Gasteiger partial charge in [-0.15, -0.1) is 22.9 Å². The Morgan fingerprint density at radius 1 is 1.39 bits per heavy atom. The van der Waals surface area contributed by atoms with E-state index in [0.717, 1.165) is 12.8 Å². The fourth-order valence-corrected chi connectivity index (χ4v) is 4.03. The number of hydrogen-bond donors (Lipinski definition) is 0. The highest BCUT2D eigenvalue weighted by atomic mass is 35.5. The molecular weight excluding hydrogens is 313 g/mol. The Morgan fingerprint density at radius 3 is 2.56 bits per heavy atom. The first-order valence-corrected chi connectivity index (χ1v) is 8.06. The van der Waals surface area contributed by atoms with E-state index in [1.54, 1.807) is 6.07 Å². The van der Waals surface area contributed by atoms with E-state index in [1.165, 1.54) is 24.2 Å². The average Bonchev–Trinajstić information content (AvgIpc) is 2.95. The lowest BCUT2D eigenvalue weighted by molar-refractivity contribution is 0.0696. The molecule has 1 heterocycles. The van der Waals surface area contributed by atoms with Crippen LogP contribution in [-0.4, -0.2) is 29.3 Å². The molecule has 6 heteroatoms. The highest BCUT2D eigenvalue weighted by Gasteiger charge is 2.28. The van der Waals surface area contributed by atoms with Gasteiger partial charge in [0.15, 0.2) is 0 Å². The third kappa shape index (κ3) is 3.13. The maximum absolute atomic E-state index is 12.5. The molecule has 100 valence electrons. The molecular formula is C12H14Cl3NOS. The summed E-state index contributed by atoms with van der Waals surface area (Å²) in [4.78, 5) is 14.3. The summed E-state index contributed by atoms with van der Waals surface area (Å²) in [5.74, 6) is 0.397. The molecule has 1 fully saturated rings. The number of rotatable bonds is 4. The van der Waals surface area contributed by atoms with E-state index in [9.17, 15) is 4.79 Å². The zero-order valence-electron chi connectivity index (χ0n) is 9.79. The second-order valence-electron chi connectivity index (χ2n) is 4.36. The van der Waals surface area contributed by atoms with Crippen LogP contribution < -0.4 is 0 Å². The number of alkyl halides is 1. The number of carbonyl (C=O) groups excluding carboxylic acids is 1. The SMILES string of the molecule is O=C(c1cc(Cl)sc1Cl)N(CCCl)C1CCCC1. The van der Waals surface area contributed by atoms with Crippen molar-refractivity contribution in [2.24, 2.45) is 0 Å². The number of nitrogens with zero attached hydrogens (tertiary/aromatic N) is 1. The quantitative estimate of drug-likeness (QED) is 0.736. The monoisotopic (exact) mass is 325 g/mol. The van der Waals surface area contributed by atoms with Gasteiger partial charge in [0.2, 0.25) is 0 Å². The molecule has 0 saturated heterocycles. The van der Waals surface area contributed by atoms with E-state index >= 15 is 0 Å². The summed E-state index contributed by atoms with van der Waals surface area (Å²) in [5, 5.41) is 0. The van der Waals surface area contributed by atoms with Crippen LogP contribution in [0.2, 0.25) is 8.67 Å². The third-order valence-electron chi connectivity index (χ3n) is 3.24. The molecule has 1 amide bonds. The van der Waals surface area contributed by atoms with Gasteiger partial charge >= 0.3 is 0 Å². The molecule has 0 radical (unpaired) electrons. The molecule has 2 nitrogen and oxygen atoms in total. The van der Waals surface area contributed by atoms with Crippen LogP contribution in [0.15, 0.2) is 6.07 Å². The van der Waals surface area contributed by atoms with E-state index in [1.807, 2.05) is 4.90 Å². The van der Waals surface area contributed by atoms with Crippen molar-refractivity contribution in [2.45, 2.75) is 31.7 Å². The Morgan fingerprint density at radius 2 is 2.06 bits per heavy atom. The molecule has 0 unspecified atom stereocenters. The van der Waals surface area contributed by atoms with Crippen molar-refractivity contribution < 1.29 is 4.79 Å². The van der Waals surface area contributed by atoms with Crippen LogP contribution in [0.3, 0.4) is 0 Å². The molecule has 1 aliphatic rings. The Hall–Kier alpha value is 0.0400. The standard InChI is InChI=1S/C12H14Cl3NOS/c13-5-6-16(8-3-1-2-4-8)12(17)9-7-10(14)18-11(9)15/h7-8H,1-6H2. The molecule has 0 aliphatic heterocycles. The Kier molecular flexibility index (Phi) is 5.19. The van der Waals surface area contributed by atoms with Crippen LogP contribution in [-0.2, 0) is 0 Å². The Bertz CT molecular complexity index is 429. The fraction of sp³-hybridized carbons (Fsp3) is 0.583. The lowest BCUT2D eigenvalue weighted by Gasteiger charge is -2.28. The van der Waals surface area contributed by atoms with Crippen LogP contribution >= 0.6 is 46.1 Å². The average molecular weight is 327 g/mol. The second kappa shape index (κ2) is 6.47. The maximum atomic E-state index is 12.5. The normalized spacial score (nSPS) is 16.2. The molecule has 1 saturated carbocycles. The van der Waals surface area contributed by atoms with Crippen LogP contribution in [0.1, 0.15) is 36.0 Å². The van der Waals surface area contributed by atoms with Gasteiger partial charge in [-0.05, 0) is 18.9 Å². The van der Waals surface area contributed by atoms with Crippen molar-refractivity contribution >= 4 is 52.0 Å². The van der Waals surface area contributed by atoms with Crippen molar-refractivity contribution in [3.05, 3.63) is 20.3 Å². The summed E-state index contributed by atoms with van der Waals surface area (Å²) in [6.45, 7) is 0.564. The van der Waals surface area contributed by atoms with Crippen molar-refractivity contribution in [3.63, 3.8) is 0 Å². The van der Waals surface area contributed by atoms with E-state index in [0.29, 0.717) is 32.7 Å². The molecule has 0 N–H and O–H groups in total. The topological polar surface area (TPSA) is 20.3 Å². The summed E-state index contributed by atoms with van der Waals surface area (Å²) in [6, 6.07) is 1.94. The first kappa shape index (κ1) is 14.4. The highest BCUT2D eigenvalue weighted by molar-refractivity contribution is 7.20. The van der Waals surface area contributed by atoms with Crippen molar-refractivity contribution in [1.82, 2.24) is 4.90 Å². The second-order valence-corrected chi connectivity index (χ2v) is 7.03. The van der Waals surface area contributed by atoms with Gasteiger partial charge in [0, 0.05) is 18.5 Å². The minimum absolute atomic E-state index is 0.0456. The highest BCUT2D eigenvalue weighted by Crippen LogP contribution is 2.33. The summed E-state index contributed by atoms with van der Waals surface area (Å²) in [6.07, 6.45) is 4.46. The predicted octanol–water partition coefficient (Wildman–Crippen LogP) is 4.68. The molecule has 0 atom stereocenters. The van der Waals surface area contributed by atoms with Gasteiger partial charge in [0.05, 0.1) is 9.90 Å². The van der Waals surface area contributed by atoms with Gasteiger partial charge in [-0.3, -0.25) is 4.79 Å². The largest absolute Gasteiger partial charge is 0.334 e. The van der Waals surface area contributed by atoms with E-state index in [-0.39, 0.29) is 5.91 Å². The molecule has 1 aromatic rings. The van der Waals surface area contributed by atoms with E-state index in [2.05, 4.69) is 0 Å². The maximum Gasteiger partial charge on any atom is 0.256 e. The van der Waals surface area contributed by atoms with Crippen molar-refractivity contribution in [3.8, 4) is 0 Å². The Labute approximate surface area is 126 Å². The number of hydrogen-bond acceptors (Lipinski definition) is 2. The summed E-state index contributed by atoms with van der Waals surface area (Å²) < 4.78 is 1.00. The van der Waals surface area contributed by atoms with Gasteiger partial charge in [0.1, 0.15) is 4.34 Å². The first-order valence-electron chi connectivity index (χ1n) is 5.95. The molecule has 1 aromatic heterocycles. The smallest absolute Gasteiger partial charge is 0.256 e. The molecule has 1 aliphatic carbocycles. The van der Waals surface area contributed by atoms with Gasteiger partial charge in [0.25, 0.3) is 5.91 Å². The first-order chi connectivity index (χ1) is 8.63. The van der Waals surface area contributed by atoms with E-state index in [4.69, 9.17) is 34.8 Å². The predicted molar refractivity (Wildman–Crippen MR) is 78.4 cm³/mol. The lowest BCUT2D eigenvalue weighted by atomic mass is 10.2. The van der Waals surface area contributed by atoms with Crippen LogP contribution in [0, 0.1) is 0 Å². The summed E-state index contributed by atoms with van der Waals surface area (Å²) >= 11 is 19.0. The molecule has 0 aromatic carbocycles. The third-order valence-corrected chi connectivity index (χ3v) is 4.90. The molecule has 0 spiro atoms. The molecule has 2 rings (SSSR count). The van der Waals surface area contributed by atoms with Gasteiger partial charge in [-0.2, -0.15) is 0 Å². The van der Waals surface area contributed by atoms with E-state index < -0.39 is 0 Å². The minimum atomic E-state index is -0.0456. The van der Waals surface area contributed by atoms with Crippen molar-refractivity contribution in [2.75, 3.05) is 12.4 Å². The van der Waals surface area contributed by atoms with Crippen molar-refractivity contribution in [1.29, 1.82) is 0 Å². The van der Waals surface area contributed by atoms with Gasteiger partial charge in [-0.25, -0.2) is 0 Å². The molecule has 18 heavy (non-hydrogen) atoms. The number of carbonyl (C=O) groups is 1. The van der Waals surface area contributed by atoms with Gasteiger partial charge < -0.3 is 4.90 Å². The van der Waals surface area contributed by atoms with Gasteiger partial charge in [-0.1, -0.05) is 36.0 Å². The number of thiophene rings is 1. The zero-order valence-corrected chi connectivity index (χ0v) is 12.9. The lowest BCUT2D eigenvalue weighted by Crippen LogP contribution is -2.40. The number of halogens is 3. The fourth-order valence-electron chi connectivity index (χ4n) is 2.40. The zero-order chi connectivity index (χ0) is 13.1.